The van der Waals surface area contributed by atoms with Crippen molar-refractivity contribution in [3.05, 3.63) is 66.0 Å². The van der Waals surface area contributed by atoms with Gasteiger partial charge in [-0.2, -0.15) is 9.83 Å². The zero-order valence-electron chi connectivity index (χ0n) is 10.4. The van der Waals surface area contributed by atoms with Gasteiger partial charge in [0.25, 0.3) is 0 Å². The average Bonchev–Trinajstić information content (AvgIpc) is 2.38. The molecule has 0 bridgehead atoms. The van der Waals surface area contributed by atoms with Crippen LogP contribution in [0.3, 0.4) is 0 Å². The van der Waals surface area contributed by atoms with E-state index in [4.69, 9.17) is 23.9 Å². The molecule has 7 heteroatoms. The first-order chi connectivity index (χ1) is 9.38. The van der Waals surface area contributed by atoms with E-state index in [2.05, 4.69) is 18.2 Å². The van der Waals surface area contributed by atoms with Crippen molar-refractivity contribution in [3.63, 3.8) is 0 Å². The molecule has 20 heavy (non-hydrogen) atoms. The average molecular weight is 298 g/mol. The van der Waals surface area contributed by atoms with E-state index in [0.29, 0.717) is 5.56 Å². The third-order valence-electron chi connectivity index (χ3n) is 2.20. The number of aromatic nitrogens is 1. The molecule has 6 nitrogen and oxygen atoms in total. The SMILES string of the molecule is N#Cc1ccc[n+](Cc2ccccc2)c1.[O-][Cl+](O)(O)O. The quantitative estimate of drug-likeness (QED) is 0.618. The molecule has 0 aliphatic rings. The van der Waals surface area contributed by atoms with Gasteiger partial charge in [-0.25, -0.2) is 0 Å². The van der Waals surface area contributed by atoms with Crippen molar-refractivity contribution in [2.24, 2.45) is 0 Å². The van der Waals surface area contributed by atoms with E-state index in [9.17, 15) is 0 Å². The van der Waals surface area contributed by atoms with E-state index in [1.807, 2.05) is 47.3 Å². The number of pyridine rings is 1. The van der Waals surface area contributed by atoms with Crippen molar-refractivity contribution in [2.75, 3.05) is 0 Å². The Morgan fingerprint density at radius 2 is 1.70 bits per heavy atom. The van der Waals surface area contributed by atoms with E-state index in [-0.39, 0.29) is 0 Å². The van der Waals surface area contributed by atoms with Crippen LogP contribution in [0.25, 0.3) is 0 Å². The number of benzene rings is 1. The number of halogens is 1. The van der Waals surface area contributed by atoms with Crippen LogP contribution in [0.15, 0.2) is 54.9 Å². The number of hydrogen-bond acceptors (Lipinski definition) is 5. The molecule has 0 atom stereocenters. The molecular formula is C13H14ClN2O4+. The molecule has 0 saturated heterocycles. The molecule has 106 valence electrons. The van der Waals surface area contributed by atoms with Crippen LogP contribution in [0.2, 0.25) is 0 Å². The minimum atomic E-state index is -4.19. The zero-order valence-corrected chi connectivity index (χ0v) is 11.2. The Labute approximate surface area is 118 Å². The predicted molar refractivity (Wildman–Crippen MR) is 63.6 cm³/mol. The summed E-state index contributed by atoms with van der Waals surface area (Å²) in [6.07, 6.45) is 3.82. The minimum absolute atomic E-state index is 0.688. The van der Waals surface area contributed by atoms with Crippen molar-refractivity contribution < 1.29 is 33.4 Å². The molecular weight excluding hydrogens is 284 g/mol. The standard InChI is InChI=1S/C13H11N2.ClH3O4/c14-9-13-7-4-8-15(11-13)10-12-5-2-1-3-6-12;2-1(3,4)5/h1-8,11H,10H2;2-4H/q+1;. The molecule has 0 unspecified atom stereocenters. The second-order valence-electron chi connectivity index (χ2n) is 3.80. The van der Waals surface area contributed by atoms with Crippen molar-refractivity contribution >= 4 is 0 Å². The number of rotatable bonds is 2. The van der Waals surface area contributed by atoms with Crippen LogP contribution in [0.4, 0.5) is 0 Å². The van der Waals surface area contributed by atoms with Gasteiger partial charge in [-0.05, 0) is 6.07 Å². The molecule has 0 spiro atoms. The third-order valence-corrected chi connectivity index (χ3v) is 2.20. The molecule has 0 radical (unpaired) electrons. The Kier molecular flexibility index (Phi) is 6.06. The number of hydrogen-bond donors (Lipinski definition) is 3. The Balaban J connectivity index is 0.000000347. The monoisotopic (exact) mass is 297 g/mol. The maximum absolute atomic E-state index is 8.83. The summed E-state index contributed by atoms with van der Waals surface area (Å²) in [5.41, 5.74) is 1.92. The van der Waals surface area contributed by atoms with E-state index in [0.717, 1.165) is 6.54 Å². The van der Waals surface area contributed by atoms with Crippen molar-refractivity contribution in [3.8, 4) is 6.07 Å². The first kappa shape index (κ1) is 16.0. The van der Waals surface area contributed by atoms with Crippen molar-refractivity contribution in [1.29, 1.82) is 5.26 Å². The Morgan fingerprint density at radius 1 is 1.10 bits per heavy atom. The fourth-order valence-electron chi connectivity index (χ4n) is 1.48. The van der Waals surface area contributed by atoms with Gasteiger partial charge in [-0.3, -0.25) is 0 Å². The van der Waals surface area contributed by atoms with Gasteiger partial charge >= 0.3 is 28.9 Å². The van der Waals surface area contributed by atoms with Crippen LogP contribution in [0.5, 0.6) is 0 Å². The van der Waals surface area contributed by atoms with Crippen LogP contribution in [0, 0.1) is 21.6 Å². The first-order valence-corrected chi connectivity index (χ1v) is 6.80. The normalized spacial score (nSPS) is 10.9. The molecule has 0 amide bonds. The molecule has 0 saturated carbocycles. The summed E-state index contributed by atoms with van der Waals surface area (Å²) in [6, 6.07) is 16.0. The third kappa shape index (κ3) is 7.43. The summed E-state index contributed by atoms with van der Waals surface area (Å²) in [7, 11) is -4.19. The van der Waals surface area contributed by atoms with Crippen LogP contribution in [-0.2, 0) is 6.54 Å². The van der Waals surface area contributed by atoms with Crippen LogP contribution in [-0.4, -0.2) is 14.0 Å². The molecule has 3 N–H and O–H groups in total. The van der Waals surface area contributed by atoms with E-state index in [1.165, 1.54) is 5.56 Å². The Hall–Kier alpha value is -2.01. The molecule has 0 aliphatic heterocycles. The summed E-state index contributed by atoms with van der Waals surface area (Å²) in [4.78, 5) is 0. The fraction of sp³-hybridized carbons (Fsp3) is 0.0769. The molecule has 1 aromatic carbocycles. The fourth-order valence-corrected chi connectivity index (χ4v) is 1.48. The van der Waals surface area contributed by atoms with Gasteiger partial charge in [0.1, 0.15) is 11.6 Å². The molecule has 1 aromatic heterocycles. The van der Waals surface area contributed by atoms with Gasteiger partial charge in [-0.1, -0.05) is 30.3 Å². The van der Waals surface area contributed by atoms with Crippen molar-refractivity contribution in [1.82, 2.24) is 0 Å². The van der Waals surface area contributed by atoms with Gasteiger partial charge in [0.15, 0.2) is 18.9 Å². The summed E-state index contributed by atoms with van der Waals surface area (Å²) in [5.74, 6) is 0. The Bertz CT molecular complexity index is 573. The van der Waals surface area contributed by atoms with E-state index < -0.39 is 10.2 Å². The van der Waals surface area contributed by atoms with Crippen LogP contribution < -0.4 is 9.23 Å². The van der Waals surface area contributed by atoms with Crippen LogP contribution in [0.1, 0.15) is 11.1 Å². The second kappa shape index (κ2) is 7.55. The summed E-state index contributed by atoms with van der Waals surface area (Å²) < 4.78 is 32.2. The molecule has 2 rings (SSSR count). The maximum atomic E-state index is 8.83. The number of nitriles is 1. The summed E-state index contributed by atoms with van der Waals surface area (Å²) in [6.45, 7) is 0.802. The topological polar surface area (TPSA) is 111 Å². The molecule has 0 aliphatic carbocycles. The van der Waals surface area contributed by atoms with Gasteiger partial charge in [0.2, 0.25) is 0 Å². The molecule has 2 aromatic rings. The predicted octanol–water partition coefficient (Wildman–Crippen LogP) is -0.966. The van der Waals surface area contributed by atoms with Gasteiger partial charge < -0.3 is 0 Å². The number of nitrogens with zero attached hydrogens (tertiary/aromatic N) is 2. The summed E-state index contributed by atoms with van der Waals surface area (Å²) >= 11 is 0. The van der Waals surface area contributed by atoms with E-state index in [1.54, 1.807) is 0 Å². The first-order valence-electron chi connectivity index (χ1n) is 5.48. The second-order valence-corrected chi connectivity index (χ2v) is 4.66. The van der Waals surface area contributed by atoms with E-state index >= 15 is 0 Å². The molecule has 0 fully saturated rings. The van der Waals surface area contributed by atoms with Crippen LogP contribution >= 0.6 is 0 Å². The summed E-state index contributed by atoms with van der Waals surface area (Å²) in [5, 5.41) is 8.76. The Morgan fingerprint density at radius 3 is 2.25 bits per heavy atom. The van der Waals surface area contributed by atoms with Gasteiger partial charge in [0, 0.05) is 11.6 Å². The zero-order chi connectivity index (χ0) is 15.0. The van der Waals surface area contributed by atoms with Crippen molar-refractivity contribution in [2.45, 2.75) is 6.54 Å². The molecule has 1 heterocycles. The van der Waals surface area contributed by atoms with Gasteiger partial charge in [0.05, 0.1) is 0 Å². The van der Waals surface area contributed by atoms with Gasteiger partial charge in [-0.15, -0.1) is 0 Å².